The molecule has 0 saturated heterocycles. The lowest BCUT2D eigenvalue weighted by molar-refractivity contribution is 0.181. The lowest BCUT2D eigenvalue weighted by Gasteiger charge is -2.28. The van der Waals surface area contributed by atoms with Crippen LogP contribution in [0.2, 0.25) is 0 Å². The van der Waals surface area contributed by atoms with Gasteiger partial charge in [0.05, 0.1) is 36.7 Å². The second-order valence-electron chi connectivity index (χ2n) is 9.60. The number of ether oxygens (including phenoxy) is 1. The third kappa shape index (κ3) is 6.07. The Balaban J connectivity index is 1.18. The molecule has 1 aromatic carbocycles. The van der Waals surface area contributed by atoms with Gasteiger partial charge in [0.2, 0.25) is 0 Å². The van der Waals surface area contributed by atoms with Crippen LogP contribution in [0, 0.1) is 23.2 Å². The Kier molecular flexibility index (Phi) is 7.31. The number of aromatic nitrogens is 2. The van der Waals surface area contributed by atoms with Gasteiger partial charge in [0.25, 0.3) is 5.56 Å². The number of allylic oxidation sites excluding steroid dienone is 4. The molecule has 0 saturated carbocycles. The number of aliphatic imine (C=N–C) groups is 1. The molecule has 0 radical (unpaired) electrons. The van der Waals surface area contributed by atoms with Crippen molar-refractivity contribution in [2.75, 3.05) is 20.2 Å². The minimum atomic E-state index is -0.162. The van der Waals surface area contributed by atoms with Gasteiger partial charge in [-0.2, -0.15) is 10.4 Å². The van der Waals surface area contributed by atoms with Gasteiger partial charge in [0, 0.05) is 43.3 Å². The number of nitriles is 1. The zero-order valence-electron chi connectivity index (χ0n) is 20.8. The fraction of sp³-hybridized carbons (Fsp3) is 0.310. The van der Waals surface area contributed by atoms with Crippen molar-refractivity contribution >= 4 is 6.21 Å². The second-order valence-corrected chi connectivity index (χ2v) is 9.60. The summed E-state index contributed by atoms with van der Waals surface area (Å²) in [5.41, 5.74) is 2.96. The van der Waals surface area contributed by atoms with Gasteiger partial charge >= 0.3 is 0 Å². The average Bonchev–Trinajstić information content (AvgIpc) is 2.94. The molecule has 3 aliphatic rings. The number of nitrogens with zero attached hydrogens (tertiary/aromatic N) is 5. The first-order valence-electron chi connectivity index (χ1n) is 12.5. The monoisotopic (exact) mass is 494 g/mol. The lowest BCUT2D eigenvalue weighted by Crippen LogP contribution is -2.35. The Labute approximate surface area is 216 Å². The molecule has 0 spiro atoms. The Hall–Kier alpha value is -4.38. The first-order chi connectivity index (χ1) is 18.1. The van der Waals surface area contributed by atoms with Crippen LogP contribution < -0.4 is 10.9 Å². The van der Waals surface area contributed by atoms with E-state index in [0.717, 1.165) is 36.3 Å². The van der Waals surface area contributed by atoms with E-state index in [9.17, 15) is 10.1 Å². The Bertz CT molecular complexity index is 1390. The SMILES string of the molecule is CN1C=CC(COC2=CNC(C3C=CC=C(Cn4nc(-c5cccc(C#N)c5)ccc4=O)C3)N=C2)CC1. The van der Waals surface area contributed by atoms with Crippen LogP contribution in [0.1, 0.15) is 18.4 Å². The highest BCUT2D eigenvalue weighted by Gasteiger charge is 2.23. The van der Waals surface area contributed by atoms with Gasteiger partial charge in [0.1, 0.15) is 6.17 Å². The van der Waals surface area contributed by atoms with E-state index in [2.05, 4.69) is 46.8 Å². The van der Waals surface area contributed by atoms with Crippen molar-refractivity contribution < 1.29 is 4.74 Å². The van der Waals surface area contributed by atoms with Crippen LogP contribution in [-0.4, -0.2) is 47.3 Å². The summed E-state index contributed by atoms with van der Waals surface area (Å²) in [5.74, 6) is 1.31. The van der Waals surface area contributed by atoms with E-state index in [-0.39, 0.29) is 17.6 Å². The standard InChI is InChI=1S/C29H30N6O2/c1-34-12-10-21(11-13-34)20-37-26-17-31-29(32-18-26)25-7-3-5-23(15-25)19-35-28(36)9-8-27(33-35)24-6-2-4-22(14-24)16-30/h2-10,12,14,17-18,21,25,29,31H,11,13,15,19-20H2,1H3. The van der Waals surface area contributed by atoms with Crippen molar-refractivity contribution in [2.45, 2.75) is 25.6 Å². The molecule has 1 aromatic heterocycles. The molecular weight excluding hydrogens is 464 g/mol. The summed E-state index contributed by atoms with van der Waals surface area (Å²) in [4.78, 5) is 19.4. The minimum Gasteiger partial charge on any atom is -0.490 e. The molecule has 0 fully saturated rings. The molecule has 3 heterocycles. The molecule has 0 bridgehead atoms. The van der Waals surface area contributed by atoms with Crippen molar-refractivity contribution in [2.24, 2.45) is 16.8 Å². The number of hydrogen-bond acceptors (Lipinski definition) is 7. The molecule has 188 valence electrons. The molecule has 2 aliphatic heterocycles. The number of rotatable bonds is 7. The van der Waals surface area contributed by atoms with E-state index < -0.39 is 0 Å². The van der Waals surface area contributed by atoms with Crippen LogP contribution in [-0.2, 0) is 11.3 Å². The van der Waals surface area contributed by atoms with Crippen molar-refractivity contribution in [3.63, 3.8) is 0 Å². The van der Waals surface area contributed by atoms with E-state index in [0.29, 0.717) is 30.3 Å². The minimum absolute atomic E-state index is 0.0970. The molecule has 3 unspecified atom stereocenters. The number of benzene rings is 1. The molecule has 8 heteroatoms. The first-order valence-corrected chi connectivity index (χ1v) is 12.5. The van der Waals surface area contributed by atoms with Crippen LogP contribution in [0.4, 0.5) is 0 Å². The van der Waals surface area contributed by atoms with E-state index in [1.165, 1.54) is 10.7 Å². The summed E-state index contributed by atoms with van der Waals surface area (Å²) in [6, 6.07) is 12.6. The van der Waals surface area contributed by atoms with Gasteiger partial charge in [-0.15, -0.1) is 0 Å². The Morgan fingerprint density at radius 1 is 1.24 bits per heavy atom. The zero-order chi connectivity index (χ0) is 25.6. The highest BCUT2D eigenvalue weighted by Crippen LogP contribution is 2.25. The normalized spacial score (nSPS) is 22.6. The molecule has 5 rings (SSSR count). The lowest BCUT2D eigenvalue weighted by atomic mass is 9.91. The third-order valence-corrected chi connectivity index (χ3v) is 6.79. The van der Waals surface area contributed by atoms with Gasteiger partial charge < -0.3 is 15.0 Å². The maximum absolute atomic E-state index is 12.5. The van der Waals surface area contributed by atoms with Crippen LogP contribution >= 0.6 is 0 Å². The fourth-order valence-corrected chi connectivity index (χ4v) is 4.63. The van der Waals surface area contributed by atoms with E-state index in [4.69, 9.17) is 9.73 Å². The summed E-state index contributed by atoms with van der Waals surface area (Å²) in [7, 11) is 2.08. The van der Waals surface area contributed by atoms with E-state index in [1.54, 1.807) is 24.4 Å². The Morgan fingerprint density at radius 2 is 2.16 bits per heavy atom. The Morgan fingerprint density at radius 3 is 2.95 bits per heavy atom. The zero-order valence-corrected chi connectivity index (χ0v) is 20.8. The summed E-state index contributed by atoms with van der Waals surface area (Å²) in [6.07, 6.45) is 16.0. The first kappa shape index (κ1) is 24.3. The van der Waals surface area contributed by atoms with Crippen LogP contribution in [0.5, 0.6) is 0 Å². The highest BCUT2D eigenvalue weighted by atomic mass is 16.5. The molecule has 37 heavy (non-hydrogen) atoms. The van der Waals surface area contributed by atoms with E-state index >= 15 is 0 Å². The number of hydrogen-bond donors (Lipinski definition) is 1. The maximum Gasteiger partial charge on any atom is 0.267 e. The fourth-order valence-electron chi connectivity index (χ4n) is 4.63. The average molecular weight is 495 g/mol. The molecule has 0 amide bonds. The van der Waals surface area contributed by atoms with Gasteiger partial charge in [-0.3, -0.25) is 9.79 Å². The predicted molar refractivity (Wildman–Crippen MR) is 143 cm³/mol. The molecule has 3 atom stereocenters. The largest absolute Gasteiger partial charge is 0.490 e. The predicted octanol–water partition coefficient (Wildman–Crippen LogP) is 3.61. The van der Waals surface area contributed by atoms with Gasteiger partial charge in [-0.25, -0.2) is 4.68 Å². The van der Waals surface area contributed by atoms with Gasteiger partial charge in [-0.05, 0) is 42.8 Å². The smallest absolute Gasteiger partial charge is 0.267 e. The van der Waals surface area contributed by atoms with Crippen molar-refractivity contribution in [3.05, 3.63) is 100 Å². The third-order valence-electron chi connectivity index (χ3n) is 6.79. The summed E-state index contributed by atoms with van der Waals surface area (Å²) < 4.78 is 7.44. The maximum atomic E-state index is 12.5. The van der Waals surface area contributed by atoms with Gasteiger partial charge in [-0.1, -0.05) is 36.4 Å². The quantitative estimate of drug-likeness (QED) is 0.632. The molecular formula is C29H30N6O2. The molecule has 8 nitrogen and oxygen atoms in total. The van der Waals surface area contributed by atoms with Crippen LogP contribution in [0.15, 0.2) is 94.2 Å². The second kappa shape index (κ2) is 11.1. The van der Waals surface area contributed by atoms with Crippen molar-refractivity contribution in [3.8, 4) is 17.3 Å². The molecule has 1 N–H and O–H groups in total. The highest BCUT2D eigenvalue weighted by molar-refractivity contribution is 5.76. The summed E-state index contributed by atoms with van der Waals surface area (Å²) in [6.45, 7) is 2.09. The summed E-state index contributed by atoms with van der Waals surface area (Å²) in [5, 5.41) is 17.1. The van der Waals surface area contributed by atoms with E-state index in [1.807, 2.05) is 30.5 Å². The van der Waals surface area contributed by atoms with Gasteiger partial charge in [0.15, 0.2) is 5.76 Å². The molecule has 2 aromatic rings. The topological polar surface area (TPSA) is 95.5 Å². The van der Waals surface area contributed by atoms with Crippen LogP contribution in [0.3, 0.4) is 0 Å². The summed E-state index contributed by atoms with van der Waals surface area (Å²) >= 11 is 0. The van der Waals surface area contributed by atoms with Crippen molar-refractivity contribution in [1.82, 2.24) is 20.0 Å². The number of nitrogens with one attached hydrogen (secondary N) is 1. The molecule has 1 aliphatic carbocycles. The van der Waals surface area contributed by atoms with Crippen molar-refractivity contribution in [1.29, 1.82) is 5.26 Å². The van der Waals surface area contributed by atoms with Crippen LogP contribution in [0.25, 0.3) is 11.3 Å².